The maximum atomic E-state index is 13.3. The van der Waals surface area contributed by atoms with Crippen molar-refractivity contribution in [3.05, 3.63) is 89.9 Å². The number of pyridine rings is 1. The lowest BCUT2D eigenvalue weighted by Gasteiger charge is -2.38. The summed E-state index contributed by atoms with van der Waals surface area (Å²) < 4.78 is 8.07. The first-order valence-electron chi connectivity index (χ1n) is 16.2. The molecule has 0 unspecified atom stereocenters. The van der Waals surface area contributed by atoms with Gasteiger partial charge in [0, 0.05) is 62.3 Å². The van der Waals surface area contributed by atoms with Crippen LogP contribution >= 0.6 is 0 Å². The molecule has 2 aliphatic carbocycles. The Morgan fingerprint density at radius 1 is 0.933 bits per heavy atom. The normalized spacial score (nSPS) is 21.6. The van der Waals surface area contributed by atoms with E-state index in [9.17, 15) is 4.79 Å². The van der Waals surface area contributed by atoms with Gasteiger partial charge in [0.05, 0.1) is 30.5 Å². The van der Waals surface area contributed by atoms with Crippen molar-refractivity contribution < 1.29 is 9.53 Å². The van der Waals surface area contributed by atoms with Crippen LogP contribution in [0.2, 0.25) is 0 Å². The van der Waals surface area contributed by atoms with Crippen LogP contribution in [0, 0.1) is 0 Å². The Labute approximate surface area is 265 Å². The Morgan fingerprint density at radius 2 is 1.64 bits per heavy atom. The van der Waals surface area contributed by atoms with E-state index in [0.29, 0.717) is 12.2 Å². The van der Waals surface area contributed by atoms with Gasteiger partial charge in [0.1, 0.15) is 5.82 Å². The summed E-state index contributed by atoms with van der Waals surface area (Å²) in [7, 11) is 4.07. The largest absolute Gasteiger partial charge is 0.383 e. The second-order valence-corrected chi connectivity index (χ2v) is 13.0. The van der Waals surface area contributed by atoms with Gasteiger partial charge in [0.25, 0.3) is 5.91 Å². The number of rotatable bonds is 9. The van der Waals surface area contributed by atoms with Crippen molar-refractivity contribution >= 4 is 11.7 Å². The molecule has 1 amide bonds. The molecule has 0 radical (unpaired) electrons. The van der Waals surface area contributed by atoms with Crippen LogP contribution in [0.4, 0.5) is 5.82 Å². The minimum atomic E-state index is -0.224. The van der Waals surface area contributed by atoms with Crippen LogP contribution < -0.4 is 11.1 Å². The van der Waals surface area contributed by atoms with Crippen molar-refractivity contribution in [3.8, 4) is 22.3 Å². The molecule has 2 atom stereocenters. The second-order valence-electron chi connectivity index (χ2n) is 13.0. The summed E-state index contributed by atoms with van der Waals surface area (Å²) in [6, 6.07) is 19.6. The van der Waals surface area contributed by atoms with E-state index in [1.165, 1.54) is 29.5 Å². The Bertz CT molecular complexity index is 1640. The third kappa shape index (κ3) is 6.25. The number of benzene rings is 2. The number of amides is 1. The monoisotopic (exact) mass is 605 g/mol. The van der Waals surface area contributed by atoms with E-state index in [0.717, 1.165) is 62.1 Å². The van der Waals surface area contributed by atoms with Crippen molar-refractivity contribution in [1.29, 1.82) is 0 Å². The average Bonchev–Trinajstić information content (AvgIpc) is 3.56. The number of carbonyl (C=O) groups is 1. The molecule has 4 aromatic rings. The van der Waals surface area contributed by atoms with Crippen LogP contribution in [-0.2, 0) is 23.9 Å². The number of carbonyl (C=O) groups excluding carboxylic acids is 1. The number of aryl methyl sites for hydroxylation is 1. The molecule has 1 saturated heterocycles. The summed E-state index contributed by atoms with van der Waals surface area (Å²) in [6.07, 6.45) is 10.6. The predicted molar refractivity (Wildman–Crippen MR) is 176 cm³/mol. The van der Waals surface area contributed by atoms with E-state index in [1.807, 2.05) is 13.2 Å². The lowest BCUT2D eigenvalue weighted by atomic mass is 9.97. The van der Waals surface area contributed by atoms with Gasteiger partial charge >= 0.3 is 0 Å². The fraction of sp³-hybridized carbons (Fsp3) is 0.417. The molecule has 3 aliphatic rings. The van der Waals surface area contributed by atoms with E-state index < -0.39 is 0 Å². The van der Waals surface area contributed by atoms with E-state index in [1.54, 1.807) is 23.1 Å². The van der Waals surface area contributed by atoms with E-state index in [4.69, 9.17) is 10.5 Å². The Kier molecular flexibility index (Phi) is 8.16. The van der Waals surface area contributed by atoms with Gasteiger partial charge in [-0.15, -0.1) is 0 Å². The molecule has 9 nitrogen and oxygen atoms in total. The summed E-state index contributed by atoms with van der Waals surface area (Å²) >= 11 is 0. The van der Waals surface area contributed by atoms with E-state index in [2.05, 4.69) is 80.8 Å². The zero-order valence-corrected chi connectivity index (χ0v) is 26.3. The molecule has 7 rings (SSSR count). The van der Waals surface area contributed by atoms with Crippen LogP contribution in [0.3, 0.4) is 0 Å². The molecule has 3 fully saturated rings. The van der Waals surface area contributed by atoms with Crippen molar-refractivity contribution in [2.24, 2.45) is 7.05 Å². The standard InChI is InChI=1S/C36H43N7O2/c1-41-16-18-43(19-17-41)36(14-15-36)30-12-10-27(11-13-30)26-8-6-25(7-9-26)24-45-33-5-3-4-32(33)40-35(44)31-20-28(21-38-34(31)37)29-22-39-42(2)23-29/h6-13,20-23,32-33H,3-5,14-19,24H2,1-2H3,(H2,37,38)(H,40,44)/t32-,33-/m0/s1. The number of nitrogen functional groups attached to an aromatic ring is 1. The average molecular weight is 606 g/mol. The van der Waals surface area contributed by atoms with Gasteiger partial charge in [-0.05, 0) is 67.5 Å². The first-order chi connectivity index (χ1) is 21.9. The lowest BCUT2D eigenvalue weighted by Crippen LogP contribution is -2.49. The first-order valence-corrected chi connectivity index (χ1v) is 16.2. The Hall–Kier alpha value is -4.05. The van der Waals surface area contributed by atoms with Crippen LogP contribution in [0.25, 0.3) is 22.3 Å². The molecule has 3 N–H and O–H groups in total. The zero-order chi connectivity index (χ0) is 31.0. The van der Waals surface area contributed by atoms with Gasteiger partial charge < -0.3 is 20.7 Å². The van der Waals surface area contributed by atoms with Crippen molar-refractivity contribution in [2.45, 2.75) is 56.4 Å². The van der Waals surface area contributed by atoms with Gasteiger partial charge in [-0.3, -0.25) is 14.4 Å². The quantitative estimate of drug-likeness (QED) is 0.282. The molecular formula is C36H43N7O2. The molecule has 2 aromatic heterocycles. The number of ether oxygens (including phenoxy) is 1. The molecule has 1 aliphatic heterocycles. The molecule has 2 aromatic carbocycles. The van der Waals surface area contributed by atoms with Crippen molar-refractivity contribution in [1.82, 2.24) is 29.9 Å². The molecule has 0 bridgehead atoms. The van der Waals surface area contributed by atoms with Crippen molar-refractivity contribution in [2.75, 3.05) is 39.0 Å². The van der Waals surface area contributed by atoms with Gasteiger partial charge in [-0.1, -0.05) is 48.5 Å². The number of piperazine rings is 1. The second kappa shape index (κ2) is 12.4. The number of likely N-dealkylation sites (N-methyl/N-ethyl adjacent to an activating group) is 1. The summed E-state index contributed by atoms with van der Waals surface area (Å²) in [5, 5.41) is 7.39. The molecule has 9 heteroatoms. The maximum absolute atomic E-state index is 13.3. The van der Waals surface area contributed by atoms with E-state index >= 15 is 0 Å². The molecule has 45 heavy (non-hydrogen) atoms. The minimum Gasteiger partial charge on any atom is -0.383 e. The van der Waals surface area contributed by atoms with Crippen molar-refractivity contribution in [3.63, 3.8) is 0 Å². The molecule has 2 saturated carbocycles. The number of nitrogens with one attached hydrogen (secondary N) is 1. The van der Waals surface area contributed by atoms with Gasteiger partial charge in [0.2, 0.25) is 0 Å². The van der Waals surface area contributed by atoms with Gasteiger partial charge in [-0.2, -0.15) is 5.10 Å². The van der Waals surface area contributed by atoms with Crippen LogP contribution in [0.1, 0.15) is 53.6 Å². The highest BCUT2D eigenvalue weighted by Gasteiger charge is 2.49. The number of nitrogens with two attached hydrogens (primary N) is 1. The summed E-state index contributed by atoms with van der Waals surface area (Å²) in [6.45, 7) is 5.12. The maximum Gasteiger partial charge on any atom is 0.255 e. The summed E-state index contributed by atoms with van der Waals surface area (Å²) in [5.74, 6) is -0.00911. The number of aromatic nitrogens is 3. The number of nitrogens with zero attached hydrogens (tertiary/aromatic N) is 5. The number of anilines is 1. The third-order valence-corrected chi connectivity index (χ3v) is 9.98. The van der Waals surface area contributed by atoms with Crippen LogP contribution in [-0.4, -0.2) is 75.8 Å². The smallest absolute Gasteiger partial charge is 0.255 e. The highest BCUT2D eigenvalue weighted by Crippen LogP contribution is 2.51. The molecule has 3 heterocycles. The fourth-order valence-electron chi connectivity index (χ4n) is 7.03. The molecule has 0 spiro atoms. The highest BCUT2D eigenvalue weighted by molar-refractivity contribution is 5.99. The van der Waals surface area contributed by atoms with Gasteiger partial charge in [-0.25, -0.2) is 4.98 Å². The highest BCUT2D eigenvalue weighted by atomic mass is 16.5. The Morgan fingerprint density at radius 3 is 2.31 bits per heavy atom. The minimum absolute atomic E-state index is 0.0492. The topological polar surface area (TPSA) is 102 Å². The Balaban J connectivity index is 0.945. The number of hydrogen-bond acceptors (Lipinski definition) is 7. The third-order valence-electron chi connectivity index (χ3n) is 9.98. The lowest BCUT2D eigenvalue weighted by molar-refractivity contribution is 0.0272. The first kappa shape index (κ1) is 29.6. The molecular weight excluding hydrogens is 562 g/mol. The zero-order valence-electron chi connectivity index (χ0n) is 26.3. The SMILES string of the molecule is CN1CCN(C2(c3ccc(-c4ccc(CO[C@H]5CCC[C@@H]5NC(=O)c5cc(-c6cnn(C)c6)cnc5N)cc4)cc3)CC2)CC1. The van der Waals surface area contributed by atoms with E-state index in [-0.39, 0.29) is 29.4 Å². The number of hydrogen-bond donors (Lipinski definition) is 2. The summed E-state index contributed by atoms with van der Waals surface area (Å²) in [5.41, 5.74) is 13.5. The predicted octanol–water partition coefficient (Wildman–Crippen LogP) is 4.84. The fourth-order valence-corrected chi connectivity index (χ4v) is 7.03. The van der Waals surface area contributed by atoms with Crippen LogP contribution in [0.15, 0.2) is 73.2 Å². The summed E-state index contributed by atoms with van der Waals surface area (Å²) in [4.78, 5) is 22.7. The molecule has 234 valence electrons. The van der Waals surface area contributed by atoms with Gasteiger partial charge in [0.15, 0.2) is 0 Å². The van der Waals surface area contributed by atoms with Crippen LogP contribution in [0.5, 0.6) is 0 Å².